The first-order valence-corrected chi connectivity index (χ1v) is 10.8. The van der Waals surface area contributed by atoms with Crippen LogP contribution in [0.2, 0.25) is 0 Å². The quantitative estimate of drug-likeness (QED) is 0.717. The van der Waals surface area contributed by atoms with Crippen molar-refractivity contribution in [1.29, 1.82) is 0 Å². The van der Waals surface area contributed by atoms with Gasteiger partial charge in [-0.25, -0.2) is 0 Å². The number of aliphatic hydroxyl groups excluding tert-OH is 1. The molecule has 3 N–H and O–H groups in total. The zero-order valence-corrected chi connectivity index (χ0v) is 17.3. The van der Waals surface area contributed by atoms with E-state index in [0.717, 1.165) is 49.6 Å². The van der Waals surface area contributed by atoms with Crippen molar-refractivity contribution >= 4 is 16.8 Å². The van der Waals surface area contributed by atoms with Crippen LogP contribution in [0.3, 0.4) is 0 Å². The molecule has 2 aliphatic rings. The van der Waals surface area contributed by atoms with Crippen LogP contribution in [0, 0.1) is 0 Å². The van der Waals surface area contributed by atoms with Crippen LogP contribution in [-0.2, 0) is 4.74 Å². The predicted octanol–water partition coefficient (Wildman–Crippen LogP) is 2.40. The zero-order valence-electron chi connectivity index (χ0n) is 17.3. The van der Waals surface area contributed by atoms with Crippen LogP contribution in [0.15, 0.2) is 24.3 Å². The number of piperidine rings is 1. The summed E-state index contributed by atoms with van der Waals surface area (Å²) in [5, 5.41) is 22.0. The largest absolute Gasteiger partial charge is 0.393 e. The smallest absolute Gasteiger partial charge is 0.272 e. The number of hydrogen-bond acceptors (Lipinski definition) is 5. The number of carbonyl (C=O) groups excluding carboxylic acids is 1. The number of fused-ring (bicyclic) bond motifs is 1. The molecule has 2 unspecified atom stereocenters. The summed E-state index contributed by atoms with van der Waals surface area (Å²) < 4.78 is 7.70. The lowest BCUT2D eigenvalue weighted by atomic mass is 9.93. The van der Waals surface area contributed by atoms with E-state index in [2.05, 4.69) is 29.6 Å². The highest BCUT2D eigenvalue weighted by Crippen LogP contribution is 2.23. The average Bonchev–Trinajstić information content (AvgIpc) is 3.10. The number of aliphatic hydroxyl groups is 1. The molecule has 0 bridgehead atoms. The molecule has 2 fully saturated rings. The second-order valence-corrected chi connectivity index (χ2v) is 8.66. The van der Waals surface area contributed by atoms with Gasteiger partial charge in [0.2, 0.25) is 0 Å². The van der Waals surface area contributed by atoms with Crippen LogP contribution in [-0.4, -0.2) is 58.2 Å². The standard InChI is InChI=1S/C22H32N4O3/c1-14(2)26-20-6-4-3-5-19(20)21(25-26)22(28)24-16-8-7-15(23-13-16)11-18-12-17(27)9-10-29-18/h3-6,14-18,23,27H,7-13H2,1-2H3,(H,24,28)/t15?,16?,17-,18-/m0/s1. The second-order valence-electron chi connectivity index (χ2n) is 8.66. The molecule has 7 nitrogen and oxygen atoms in total. The van der Waals surface area contributed by atoms with Gasteiger partial charge in [0.15, 0.2) is 5.69 Å². The van der Waals surface area contributed by atoms with E-state index in [9.17, 15) is 9.90 Å². The third-order valence-corrected chi connectivity index (χ3v) is 6.06. The van der Waals surface area contributed by atoms with Gasteiger partial charge in [-0.1, -0.05) is 18.2 Å². The number of hydrogen-bond donors (Lipinski definition) is 3. The van der Waals surface area contributed by atoms with Crippen molar-refractivity contribution in [3.05, 3.63) is 30.0 Å². The summed E-state index contributed by atoms with van der Waals surface area (Å²) in [6, 6.07) is 8.56. The molecule has 1 aromatic heterocycles. The molecule has 29 heavy (non-hydrogen) atoms. The van der Waals surface area contributed by atoms with Gasteiger partial charge < -0.3 is 20.5 Å². The van der Waals surface area contributed by atoms with Crippen LogP contribution >= 0.6 is 0 Å². The highest BCUT2D eigenvalue weighted by molar-refractivity contribution is 6.05. The number of benzene rings is 1. The van der Waals surface area contributed by atoms with Crippen molar-refractivity contribution in [3.8, 4) is 0 Å². The number of ether oxygens (including phenoxy) is 1. The molecule has 158 valence electrons. The van der Waals surface area contributed by atoms with E-state index in [-0.39, 0.29) is 30.2 Å². The number of amides is 1. The first-order chi connectivity index (χ1) is 14.0. The summed E-state index contributed by atoms with van der Waals surface area (Å²) in [5.74, 6) is -0.107. The first kappa shape index (κ1) is 20.3. The monoisotopic (exact) mass is 400 g/mol. The molecular weight excluding hydrogens is 368 g/mol. The van der Waals surface area contributed by atoms with Crippen LogP contribution in [0.25, 0.3) is 10.9 Å². The number of nitrogens with one attached hydrogen (secondary N) is 2. The Balaban J connectivity index is 1.34. The van der Waals surface area contributed by atoms with Gasteiger partial charge in [-0.3, -0.25) is 9.48 Å². The van der Waals surface area contributed by atoms with Crippen molar-refractivity contribution in [2.45, 2.75) is 76.3 Å². The van der Waals surface area contributed by atoms with Gasteiger partial charge in [0.25, 0.3) is 5.91 Å². The van der Waals surface area contributed by atoms with Crippen LogP contribution in [0.1, 0.15) is 62.5 Å². The number of nitrogens with zero attached hydrogens (tertiary/aromatic N) is 2. The molecule has 2 saturated heterocycles. The van der Waals surface area contributed by atoms with Gasteiger partial charge in [-0.15, -0.1) is 0 Å². The van der Waals surface area contributed by atoms with E-state index in [1.165, 1.54) is 0 Å². The molecule has 0 saturated carbocycles. The van der Waals surface area contributed by atoms with Crippen molar-refractivity contribution in [3.63, 3.8) is 0 Å². The maximum absolute atomic E-state index is 12.9. The van der Waals surface area contributed by atoms with Crippen molar-refractivity contribution in [1.82, 2.24) is 20.4 Å². The third-order valence-electron chi connectivity index (χ3n) is 6.06. The Morgan fingerprint density at radius 1 is 1.34 bits per heavy atom. The summed E-state index contributed by atoms with van der Waals surface area (Å²) in [6.07, 6.45) is 4.21. The molecule has 1 aromatic carbocycles. The fourth-order valence-electron chi connectivity index (χ4n) is 4.49. The predicted molar refractivity (Wildman–Crippen MR) is 112 cm³/mol. The Kier molecular flexibility index (Phi) is 6.18. The van der Waals surface area contributed by atoms with Gasteiger partial charge in [0.05, 0.1) is 17.7 Å². The molecular formula is C22H32N4O3. The minimum Gasteiger partial charge on any atom is -0.393 e. The van der Waals surface area contributed by atoms with E-state index in [0.29, 0.717) is 18.3 Å². The van der Waals surface area contributed by atoms with Gasteiger partial charge in [0.1, 0.15) is 0 Å². The highest BCUT2D eigenvalue weighted by atomic mass is 16.5. The Bertz CT molecular complexity index is 842. The van der Waals surface area contributed by atoms with E-state index in [4.69, 9.17) is 4.74 Å². The lowest BCUT2D eigenvalue weighted by Gasteiger charge is -2.34. The van der Waals surface area contributed by atoms with Crippen LogP contribution in [0.4, 0.5) is 0 Å². The maximum atomic E-state index is 12.9. The Hall–Kier alpha value is -1.96. The van der Waals surface area contributed by atoms with Gasteiger partial charge in [0, 0.05) is 36.7 Å². The summed E-state index contributed by atoms with van der Waals surface area (Å²) >= 11 is 0. The van der Waals surface area contributed by atoms with E-state index in [1.807, 2.05) is 28.9 Å². The fourth-order valence-corrected chi connectivity index (χ4v) is 4.49. The zero-order chi connectivity index (χ0) is 20.4. The van der Waals surface area contributed by atoms with Gasteiger partial charge >= 0.3 is 0 Å². The number of carbonyl (C=O) groups is 1. The minimum absolute atomic E-state index is 0.0968. The first-order valence-electron chi connectivity index (χ1n) is 10.8. The van der Waals surface area contributed by atoms with Crippen LogP contribution < -0.4 is 10.6 Å². The van der Waals surface area contributed by atoms with Crippen molar-refractivity contribution < 1.29 is 14.6 Å². The molecule has 7 heteroatoms. The Labute approximate surface area is 171 Å². The Morgan fingerprint density at radius 3 is 2.90 bits per heavy atom. The van der Waals surface area contributed by atoms with E-state index >= 15 is 0 Å². The van der Waals surface area contributed by atoms with Crippen LogP contribution in [0.5, 0.6) is 0 Å². The SMILES string of the molecule is CC(C)n1nc(C(=O)NC2CCC(C[C@H]3C[C@@H](O)CCO3)NC2)c2ccccc21. The number of para-hydroxylation sites is 1. The summed E-state index contributed by atoms with van der Waals surface area (Å²) in [5.41, 5.74) is 1.49. The average molecular weight is 401 g/mol. The molecule has 1 amide bonds. The molecule has 0 radical (unpaired) electrons. The van der Waals surface area contributed by atoms with Crippen molar-refractivity contribution in [2.75, 3.05) is 13.2 Å². The minimum atomic E-state index is -0.232. The lowest BCUT2D eigenvalue weighted by molar-refractivity contribution is -0.0510. The fraction of sp³-hybridized carbons (Fsp3) is 0.636. The molecule has 0 spiro atoms. The van der Waals surface area contributed by atoms with Gasteiger partial charge in [-0.2, -0.15) is 5.10 Å². The lowest BCUT2D eigenvalue weighted by Crippen LogP contribution is -2.50. The molecule has 3 heterocycles. The molecule has 2 aromatic rings. The number of aromatic nitrogens is 2. The van der Waals surface area contributed by atoms with Gasteiger partial charge in [-0.05, 0) is 52.0 Å². The molecule has 4 atom stereocenters. The molecule has 0 aliphatic carbocycles. The third kappa shape index (κ3) is 4.63. The van der Waals surface area contributed by atoms with E-state index < -0.39 is 0 Å². The molecule has 2 aliphatic heterocycles. The summed E-state index contributed by atoms with van der Waals surface area (Å²) in [4.78, 5) is 12.9. The maximum Gasteiger partial charge on any atom is 0.272 e. The topological polar surface area (TPSA) is 88.4 Å². The summed E-state index contributed by atoms with van der Waals surface area (Å²) in [7, 11) is 0. The second kappa shape index (κ2) is 8.81. The van der Waals surface area contributed by atoms with Crippen molar-refractivity contribution in [2.24, 2.45) is 0 Å². The van der Waals surface area contributed by atoms with E-state index in [1.54, 1.807) is 0 Å². The Morgan fingerprint density at radius 2 is 2.17 bits per heavy atom. The molecule has 4 rings (SSSR count). The highest BCUT2D eigenvalue weighted by Gasteiger charge is 2.28. The summed E-state index contributed by atoms with van der Waals surface area (Å²) in [6.45, 7) is 5.53. The number of rotatable bonds is 5. The normalized spacial score (nSPS) is 28.0.